The molecular weight excluding hydrogens is 562 g/mol. The topological polar surface area (TPSA) is 72.9 Å². The molecule has 3 heterocycles. The Balaban J connectivity index is 0.000000435. The fourth-order valence-electron chi connectivity index (χ4n) is 6.00. The summed E-state index contributed by atoms with van der Waals surface area (Å²) in [4.78, 5) is 24.0. The summed E-state index contributed by atoms with van der Waals surface area (Å²) in [5.41, 5.74) is 8.01. The lowest BCUT2D eigenvalue weighted by Gasteiger charge is -2.38. The number of pyridine rings is 1. The zero-order chi connectivity index (χ0) is 32.7. The van der Waals surface area contributed by atoms with Crippen molar-refractivity contribution < 1.29 is 19.1 Å². The van der Waals surface area contributed by atoms with Crippen molar-refractivity contribution >= 4 is 5.78 Å². The summed E-state index contributed by atoms with van der Waals surface area (Å²) < 4.78 is 12.4. The van der Waals surface area contributed by atoms with Gasteiger partial charge in [0, 0.05) is 47.5 Å². The number of hydrogen-bond donors (Lipinski definition) is 1. The van der Waals surface area contributed by atoms with Crippen LogP contribution in [0.1, 0.15) is 93.0 Å². The van der Waals surface area contributed by atoms with E-state index in [2.05, 4.69) is 47.1 Å². The average Bonchev–Trinajstić information content (AvgIpc) is 3.43. The lowest BCUT2D eigenvalue weighted by molar-refractivity contribution is -0.00481. The number of ketones is 1. The number of aromatic nitrogens is 1. The molecule has 1 atom stereocenters. The third-order valence-corrected chi connectivity index (χ3v) is 8.44. The maximum absolute atomic E-state index is 12.1. The first-order valence-corrected chi connectivity index (χ1v) is 16.5. The number of para-hydroxylation sites is 1. The van der Waals surface area contributed by atoms with Crippen LogP contribution in [0.2, 0.25) is 0 Å². The number of benzene rings is 2. The number of carbonyl (C=O) groups excluding carboxylic acids is 1. The lowest BCUT2D eigenvalue weighted by Crippen LogP contribution is -2.43. The monoisotopic (exact) mass is 615 g/mol. The van der Waals surface area contributed by atoms with Crippen molar-refractivity contribution in [2.75, 3.05) is 26.7 Å². The number of allylic oxidation sites excluding steroid dienone is 1. The molecule has 1 fully saturated rings. The molecule has 7 nitrogen and oxygen atoms in total. The van der Waals surface area contributed by atoms with Crippen LogP contribution in [0.5, 0.6) is 11.5 Å². The number of piperidine rings is 1. The summed E-state index contributed by atoms with van der Waals surface area (Å²) in [6.07, 6.45) is 8.95. The fraction of sp³-hybridized carbons (Fsp3) is 0.474. The van der Waals surface area contributed by atoms with Crippen molar-refractivity contribution in [1.29, 1.82) is 0 Å². The third kappa shape index (κ3) is 9.73. The van der Waals surface area contributed by atoms with Crippen LogP contribution in [0.25, 0.3) is 0 Å². The van der Waals surface area contributed by atoms with E-state index in [0.29, 0.717) is 13.2 Å². The Bertz CT molecular complexity index is 1340. The Hall–Kier alpha value is -3.52. The molecule has 0 saturated carbocycles. The Labute approximate surface area is 271 Å². The smallest absolute Gasteiger partial charge is 0.160 e. The highest BCUT2D eigenvalue weighted by atomic mass is 16.7. The van der Waals surface area contributed by atoms with Gasteiger partial charge in [-0.2, -0.15) is 0 Å². The molecule has 0 amide bonds. The molecule has 45 heavy (non-hydrogen) atoms. The van der Waals surface area contributed by atoms with Gasteiger partial charge in [-0.25, -0.2) is 5.48 Å². The summed E-state index contributed by atoms with van der Waals surface area (Å²) >= 11 is 0. The zero-order valence-electron chi connectivity index (χ0n) is 28.2. The van der Waals surface area contributed by atoms with Gasteiger partial charge in [0.1, 0.15) is 18.1 Å². The van der Waals surface area contributed by atoms with Crippen LogP contribution >= 0.6 is 0 Å². The van der Waals surface area contributed by atoms with Gasteiger partial charge in [-0.05, 0) is 77.2 Å². The number of nitrogens with zero attached hydrogens (tertiary/aromatic N) is 2. The van der Waals surface area contributed by atoms with Crippen LogP contribution in [-0.2, 0) is 29.8 Å². The number of nitrogens with one attached hydrogen (secondary N) is 1. The SMILES string of the molecule is C=CCCC(C)ONC.CC.CCc1c(C(C)=O)ccc2c1OCC21CCN(Cc2ccccc2OCc2ccccn2)CC1. The molecule has 2 aliphatic heterocycles. The number of hydrogen-bond acceptors (Lipinski definition) is 7. The molecule has 1 spiro atoms. The molecule has 2 aliphatic rings. The van der Waals surface area contributed by atoms with Crippen molar-refractivity contribution in [3.8, 4) is 11.5 Å². The summed E-state index contributed by atoms with van der Waals surface area (Å²) in [5, 5.41) is 0. The molecule has 2 aromatic carbocycles. The van der Waals surface area contributed by atoms with E-state index in [1.165, 1.54) is 11.1 Å². The minimum absolute atomic E-state index is 0.0556. The Morgan fingerprint density at radius 1 is 1.13 bits per heavy atom. The van der Waals surface area contributed by atoms with Crippen LogP contribution in [0.4, 0.5) is 0 Å². The van der Waals surface area contributed by atoms with Gasteiger partial charge in [0.05, 0.1) is 18.4 Å². The first kappa shape index (κ1) is 36.0. The molecule has 1 saturated heterocycles. The van der Waals surface area contributed by atoms with Gasteiger partial charge in [0.2, 0.25) is 0 Å². The van der Waals surface area contributed by atoms with E-state index in [-0.39, 0.29) is 17.3 Å². The predicted molar refractivity (Wildman–Crippen MR) is 183 cm³/mol. The maximum atomic E-state index is 12.1. The van der Waals surface area contributed by atoms with Crippen molar-refractivity contribution in [3.05, 3.63) is 101 Å². The van der Waals surface area contributed by atoms with Crippen molar-refractivity contribution in [2.45, 2.75) is 91.4 Å². The van der Waals surface area contributed by atoms with Crippen LogP contribution in [-0.4, -0.2) is 48.5 Å². The molecular formula is C38H53N3O4. The number of fused-ring (bicyclic) bond motifs is 2. The molecule has 1 aromatic heterocycles. The quantitative estimate of drug-likeness (QED) is 0.126. The summed E-state index contributed by atoms with van der Waals surface area (Å²) in [5.74, 6) is 2.01. The van der Waals surface area contributed by atoms with Crippen LogP contribution in [0.15, 0.2) is 73.4 Å². The molecule has 3 aromatic rings. The number of carbonyl (C=O) groups is 1. The van der Waals surface area contributed by atoms with Crippen LogP contribution in [0.3, 0.4) is 0 Å². The fourth-order valence-corrected chi connectivity index (χ4v) is 6.00. The van der Waals surface area contributed by atoms with E-state index in [1.807, 2.05) is 63.2 Å². The largest absolute Gasteiger partial charge is 0.492 e. The summed E-state index contributed by atoms with van der Waals surface area (Å²) in [6, 6.07) is 18.3. The molecule has 244 valence electrons. The Kier molecular flexibility index (Phi) is 14.7. The molecule has 7 heteroatoms. The van der Waals surface area contributed by atoms with E-state index >= 15 is 0 Å². The van der Waals surface area contributed by atoms with Gasteiger partial charge in [-0.3, -0.25) is 19.5 Å². The number of ether oxygens (including phenoxy) is 2. The van der Waals surface area contributed by atoms with E-state index in [1.54, 1.807) is 20.2 Å². The van der Waals surface area contributed by atoms with Gasteiger partial charge < -0.3 is 9.47 Å². The van der Waals surface area contributed by atoms with Crippen LogP contribution in [0, 0.1) is 0 Å². The molecule has 0 aliphatic carbocycles. The first-order valence-electron chi connectivity index (χ1n) is 16.5. The zero-order valence-corrected chi connectivity index (χ0v) is 28.2. The van der Waals surface area contributed by atoms with Gasteiger partial charge in [-0.15, -0.1) is 6.58 Å². The Morgan fingerprint density at radius 2 is 1.87 bits per heavy atom. The highest BCUT2D eigenvalue weighted by Crippen LogP contribution is 2.48. The standard InChI is InChI=1S/C29H32N2O3.C7H15NO.C2H6/c1-3-24-25(21(2)32)11-12-26-28(24)34-20-29(26)13-16-31(17-14-29)18-22-8-4-5-10-27(22)33-19-23-9-6-7-15-30-23;1-4-5-6-7(2)9-8-3;1-2/h4-12,15H,3,13-14,16-20H2,1-2H3;4,7-8H,1,5-6H2,2-3H3;1-2H3. The van der Waals surface area contributed by atoms with Crippen LogP contribution < -0.4 is 15.0 Å². The van der Waals surface area contributed by atoms with Gasteiger partial charge in [-0.1, -0.05) is 63.2 Å². The Morgan fingerprint density at radius 3 is 2.51 bits per heavy atom. The van der Waals surface area contributed by atoms with E-state index < -0.39 is 0 Å². The summed E-state index contributed by atoms with van der Waals surface area (Å²) in [7, 11) is 1.77. The minimum Gasteiger partial charge on any atom is -0.492 e. The second-order valence-electron chi connectivity index (χ2n) is 11.4. The second-order valence-corrected chi connectivity index (χ2v) is 11.4. The molecule has 0 bridgehead atoms. The third-order valence-electron chi connectivity index (χ3n) is 8.44. The molecule has 0 radical (unpaired) electrons. The number of likely N-dealkylation sites (tertiary alicyclic amines) is 1. The van der Waals surface area contributed by atoms with E-state index in [9.17, 15) is 4.79 Å². The minimum atomic E-state index is 0.0556. The second kappa shape index (κ2) is 18.4. The normalized spacial score (nSPS) is 15.4. The molecule has 5 rings (SSSR count). The molecule has 1 N–H and O–H groups in total. The average molecular weight is 616 g/mol. The van der Waals surface area contributed by atoms with Crippen molar-refractivity contribution in [2.24, 2.45) is 0 Å². The van der Waals surface area contributed by atoms with Gasteiger partial charge >= 0.3 is 0 Å². The highest BCUT2D eigenvalue weighted by Gasteiger charge is 2.44. The maximum Gasteiger partial charge on any atom is 0.160 e. The predicted octanol–water partition coefficient (Wildman–Crippen LogP) is 7.87. The first-order chi connectivity index (χ1) is 21.9. The van der Waals surface area contributed by atoms with Crippen molar-refractivity contribution in [1.82, 2.24) is 15.4 Å². The molecule has 1 unspecified atom stereocenters. The van der Waals surface area contributed by atoms with E-state index in [0.717, 1.165) is 80.1 Å². The lowest BCUT2D eigenvalue weighted by atomic mass is 9.73. The number of Topliss-reactive ketones (excluding diaryl/α,β-unsaturated/α-hetero) is 1. The van der Waals surface area contributed by atoms with Gasteiger partial charge in [0.15, 0.2) is 5.78 Å². The summed E-state index contributed by atoms with van der Waals surface area (Å²) in [6.45, 7) is 17.5. The number of hydroxylamine groups is 1. The van der Waals surface area contributed by atoms with Gasteiger partial charge in [0.25, 0.3) is 0 Å². The van der Waals surface area contributed by atoms with E-state index in [4.69, 9.17) is 14.3 Å². The number of rotatable bonds is 12. The highest BCUT2D eigenvalue weighted by molar-refractivity contribution is 5.96. The van der Waals surface area contributed by atoms with Crippen molar-refractivity contribution in [3.63, 3.8) is 0 Å².